The van der Waals surface area contributed by atoms with E-state index < -0.39 is 24.0 Å². The van der Waals surface area contributed by atoms with Gasteiger partial charge in [-0.05, 0) is 12.0 Å². The van der Waals surface area contributed by atoms with E-state index in [0.717, 1.165) is 5.56 Å². The molecule has 5 heteroatoms. The van der Waals surface area contributed by atoms with E-state index in [9.17, 15) is 9.59 Å². The summed E-state index contributed by atoms with van der Waals surface area (Å²) in [5.74, 6) is -1.92. The van der Waals surface area contributed by atoms with Crippen molar-refractivity contribution in [2.24, 2.45) is 0 Å². The van der Waals surface area contributed by atoms with E-state index in [0.29, 0.717) is 6.54 Å². The van der Waals surface area contributed by atoms with E-state index in [1.165, 1.54) is 4.90 Å². The molecular formula is C12H13NO4. The minimum absolute atomic E-state index is 0.178. The zero-order chi connectivity index (χ0) is 12.4. The van der Waals surface area contributed by atoms with Gasteiger partial charge in [0.2, 0.25) is 0 Å². The van der Waals surface area contributed by atoms with Gasteiger partial charge in [-0.15, -0.1) is 0 Å². The zero-order valence-corrected chi connectivity index (χ0v) is 9.11. The average Bonchev–Trinajstić information content (AvgIpc) is 2.25. The summed E-state index contributed by atoms with van der Waals surface area (Å²) in [7, 11) is 0. The molecule has 1 aromatic rings. The molecule has 0 radical (unpaired) electrons. The van der Waals surface area contributed by atoms with Crippen LogP contribution in [0.5, 0.6) is 0 Å². The van der Waals surface area contributed by atoms with Gasteiger partial charge in [0.1, 0.15) is 12.1 Å². The van der Waals surface area contributed by atoms with Gasteiger partial charge >= 0.3 is 11.9 Å². The average molecular weight is 235 g/mol. The minimum Gasteiger partial charge on any atom is -0.480 e. The number of nitrogens with zero attached hydrogens (tertiary/aromatic N) is 1. The zero-order valence-electron chi connectivity index (χ0n) is 9.11. The van der Waals surface area contributed by atoms with Crippen LogP contribution in [0, 0.1) is 0 Å². The molecule has 0 aliphatic carbocycles. The van der Waals surface area contributed by atoms with Crippen LogP contribution in [0.4, 0.5) is 0 Å². The standard InChI is InChI=1S/C12H13NO4/c14-11(15)9-6-10(12(16)17)13(9)7-8-4-2-1-3-5-8/h1-5,9-10H,6-7H2,(H,14,15)(H,16,17)/t9-,10+. The van der Waals surface area contributed by atoms with Gasteiger partial charge in [-0.2, -0.15) is 0 Å². The summed E-state index contributed by atoms with van der Waals surface area (Å²) in [6, 6.07) is 7.91. The maximum atomic E-state index is 10.9. The third kappa shape index (κ3) is 2.29. The van der Waals surface area contributed by atoms with Crippen LogP contribution in [0.15, 0.2) is 30.3 Å². The van der Waals surface area contributed by atoms with Crippen molar-refractivity contribution in [1.82, 2.24) is 4.90 Å². The lowest BCUT2D eigenvalue weighted by Crippen LogP contribution is -2.61. The number of likely N-dealkylation sites (tertiary alicyclic amines) is 1. The quantitative estimate of drug-likeness (QED) is 0.807. The Morgan fingerprint density at radius 2 is 1.65 bits per heavy atom. The predicted octanol–water partition coefficient (Wildman–Crippen LogP) is 0.799. The molecule has 0 amide bonds. The number of hydrogen-bond acceptors (Lipinski definition) is 3. The summed E-state index contributed by atoms with van der Waals surface area (Å²) < 4.78 is 0. The highest BCUT2D eigenvalue weighted by Gasteiger charge is 2.46. The van der Waals surface area contributed by atoms with Gasteiger partial charge in [0.25, 0.3) is 0 Å². The lowest BCUT2D eigenvalue weighted by molar-refractivity contribution is -0.164. The molecule has 1 aliphatic rings. The van der Waals surface area contributed by atoms with Crippen molar-refractivity contribution < 1.29 is 19.8 Å². The highest BCUT2D eigenvalue weighted by atomic mass is 16.4. The minimum atomic E-state index is -0.960. The molecule has 0 unspecified atom stereocenters. The topological polar surface area (TPSA) is 77.8 Å². The number of hydrogen-bond donors (Lipinski definition) is 2. The third-order valence-corrected chi connectivity index (χ3v) is 3.03. The largest absolute Gasteiger partial charge is 0.480 e. The van der Waals surface area contributed by atoms with E-state index >= 15 is 0 Å². The van der Waals surface area contributed by atoms with Crippen molar-refractivity contribution in [2.75, 3.05) is 0 Å². The second-order valence-electron chi connectivity index (χ2n) is 4.10. The number of carboxylic acid groups (broad SMARTS) is 2. The number of benzene rings is 1. The Bertz CT molecular complexity index is 411. The molecule has 1 aromatic carbocycles. The summed E-state index contributed by atoms with van der Waals surface area (Å²) in [5, 5.41) is 17.9. The normalized spacial score (nSPS) is 24.0. The summed E-state index contributed by atoms with van der Waals surface area (Å²) in [4.78, 5) is 23.3. The second kappa shape index (κ2) is 4.55. The van der Waals surface area contributed by atoms with Gasteiger partial charge in [-0.1, -0.05) is 30.3 Å². The van der Waals surface area contributed by atoms with Crippen LogP contribution in [0.2, 0.25) is 0 Å². The Morgan fingerprint density at radius 1 is 1.12 bits per heavy atom. The van der Waals surface area contributed by atoms with Crippen LogP contribution in [0.1, 0.15) is 12.0 Å². The molecule has 90 valence electrons. The van der Waals surface area contributed by atoms with Crippen molar-refractivity contribution in [3.05, 3.63) is 35.9 Å². The highest BCUT2D eigenvalue weighted by molar-refractivity contribution is 5.82. The summed E-state index contributed by atoms with van der Waals surface area (Å²) in [6.07, 6.45) is 0.178. The molecule has 0 saturated carbocycles. The molecule has 0 spiro atoms. The van der Waals surface area contributed by atoms with Crippen molar-refractivity contribution in [3.8, 4) is 0 Å². The van der Waals surface area contributed by atoms with Crippen molar-refractivity contribution in [2.45, 2.75) is 25.0 Å². The maximum Gasteiger partial charge on any atom is 0.321 e. The molecule has 2 N–H and O–H groups in total. The molecule has 2 atom stereocenters. The molecule has 0 bridgehead atoms. The third-order valence-electron chi connectivity index (χ3n) is 3.03. The number of carbonyl (C=O) groups is 2. The lowest BCUT2D eigenvalue weighted by atomic mass is 9.92. The van der Waals surface area contributed by atoms with Gasteiger partial charge in [-0.25, -0.2) is 0 Å². The van der Waals surface area contributed by atoms with Gasteiger partial charge in [0.15, 0.2) is 0 Å². The molecule has 1 heterocycles. The number of aliphatic carboxylic acids is 2. The van der Waals surface area contributed by atoms with Gasteiger partial charge in [-0.3, -0.25) is 14.5 Å². The number of carboxylic acids is 2. The van der Waals surface area contributed by atoms with Crippen LogP contribution < -0.4 is 0 Å². The van der Waals surface area contributed by atoms with Gasteiger partial charge < -0.3 is 10.2 Å². The molecule has 1 aliphatic heterocycles. The first-order chi connectivity index (χ1) is 8.09. The summed E-state index contributed by atoms with van der Waals surface area (Å²) in [6.45, 7) is 0.356. The Kier molecular flexibility index (Phi) is 3.10. The Labute approximate surface area is 98.3 Å². The lowest BCUT2D eigenvalue weighted by Gasteiger charge is -2.43. The van der Waals surface area contributed by atoms with Crippen LogP contribution in [0.3, 0.4) is 0 Å². The maximum absolute atomic E-state index is 10.9. The van der Waals surface area contributed by atoms with E-state index in [1.807, 2.05) is 30.3 Å². The summed E-state index contributed by atoms with van der Waals surface area (Å²) >= 11 is 0. The van der Waals surface area contributed by atoms with E-state index in [4.69, 9.17) is 10.2 Å². The first kappa shape index (κ1) is 11.6. The fourth-order valence-electron chi connectivity index (χ4n) is 2.06. The molecule has 17 heavy (non-hydrogen) atoms. The van der Waals surface area contributed by atoms with Crippen molar-refractivity contribution in [3.63, 3.8) is 0 Å². The van der Waals surface area contributed by atoms with Crippen molar-refractivity contribution in [1.29, 1.82) is 0 Å². The van der Waals surface area contributed by atoms with Crippen LogP contribution >= 0.6 is 0 Å². The Morgan fingerprint density at radius 3 is 2.12 bits per heavy atom. The first-order valence-corrected chi connectivity index (χ1v) is 5.35. The smallest absolute Gasteiger partial charge is 0.321 e. The van der Waals surface area contributed by atoms with Crippen LogP contribution in [-0.2, 0) is 16.1 Å². The highest BCUT2D eigenvalue weighted by Crippen LogP contribution is 2.28. The van der Waals surface area contributed by atoms with Crippen molar-refractivity contribution >= 4 is 11.9 Å². The van der Waals surface area contributed by atoms with Gasteiger partial charge in [0.05, 0.1) is 0 Å². The molecule has 0 aromatic heterocycles. The fourth-order valence-corrected chi connectivity index (χ4v) is 2.06. The van der Waals surface area contributed by atoms with Gasteiger partial charge in [0, 0.05) is 6.54 Å². The predicted molar refractivity (Wildman–Crippen MR) is 59.4 cm³/mol. The second-order valence-corrected chi connectivity index (χ2v) is 4.10. The molecule has 5 nitrogen and oxygen atoms in total. The Balaban J connectivity index is 2.10. The molecule has 2 rings (SSSR count). The van der Waals surface area contributed by atoms with Crippen LogP contribution in [0.25, 0.3) is 0 Å². The van der Waals surface area contributed by atoms with E-state index in [2.05, 4.69) is 0 Å². The Hall–Kier alpha value is -1.88. The monoisotopic (exact) mass is 235 g/mol. The molecule has 1 saturated heterocycles. The molecule has 1 fully saturated rings. The molecular weight excluding hydrogens is 222 g/mol. The first-order valence-electron chi connectivity index (χ1n) is 5.35. The SMILES string of the molecule is O=C(O)[C@H]1C[C@@H](C(=O)O)N1Cc1ccccc1. The number of rotatable bonds is 4. The summed E-state index contributed by atoms with van der Waals surface area (Å²) in [5.41, 5.74) is 0.921. The fraction of sp³-hybridized carbons (Fsp3) is 0.333. The van der Waals surface area contributed by atoms with Crippen LogP contribution in [-0.4, -0.2) is 39.1 Å². The van der Waals surface area contributed by atoms with E-state index in [1.54, 1.807) is 0 Å². The van der Waals surface area contributed by atoms with E-state index in [-0.39, 0.29) is 6.42 Å².